The minimum atomic E-state index is 0.113. The molecule has 0 saturated carbocycles. The topological polar surface area (TPSA) is 65.9 Å². The molecule has 3 rings (SSSR count). The summed E-state index contributed by atoms with van der Waals surface area (Å²) in [4.78, 5) is 18.0. The van der Waals surface area contributed by atoms with Crippen LogP contribution in [-0.2, 0) is 4.74 Å². The molecule has 29 heavy (non-hydrogen) atoms. The molecule has 2 heterocycles. The minimum absolute atomic E-state index is 0.113. The van der Waals surface area contributed by atoms with Crippen LogP contribution >= 0.6 is 0 Å². The normalized spacial score (nSPS) is 16.0. The number of piperazine rings is 1. The summed E-state index contributed by atoms with van der Waals surface area (Å²) in [6.45, 7) is 10.1. The number of rotatable bonds is 8. The van der Waals surface area contributed by atoms with E-state index in [1.54, 1.807) is 12.4 Å². The smallest absolute Gasteiger partial charge is 0.225 e. The van der Waals surface area contributed by atoms with Crippen LogP contribution in [-0.4, -0.2) is 66.7 Å². The van der Waals surface area contributed by atoms with E-state index in [-0.39, 0.29) is 6.10 Å². The van der Waals surface area contributed by atoms with E-state index in [9.17, 15) is 0 Å². The van der Waals surface area contributed by atoms with Crippen molar-refractivity contribution >= 4 is 11.9 Å². The Bertz CT molecular complexity index is 731. The van der Waals surface area contributed by atoms with Crippen LogP contribution in [0.15, 0.2) is 53.8 Å². The zero-order valence-electron chi connectivity index (χ0n) is 17.5. The highest BCUT2D eigenvalue weighted by Gasteiger charge is 2.20. The summed E-state index contributed by atoms with van der Waals surface area (Å²) in [6, 6.07) is 12.2. The predicted octanol–water partition coefficient (Wildman–Crippen LogP) is 2.73. The number of ether oxygens (including phenoxy) is 1. The molecule has 0 spiro atoms. The number of anilines is 1. The van der Waals surface area contributed by atoms with Crippen LogP contribution < -0.4 is 10.2 Å². The SMILES string of the molecule is CCNC(=NCCCOC(C)c1ccccc1)N1CCN(c2ncccn2)CC1. The number of aromatic nitrogens is 2. The molecule has 1 aromatic heterocycles. The van der Waals surface area contributed by atoms with Crippen LogP contribution in [0.5, 0.6) is 0 Å². The van der Waals surface area contributed by atoms with E-state index in [0.717, 1.165) is 57.6 Å². The van der Waals surface area contributed by atoms with Gasteiger partial charge in [-0.3, -0.25) is 4.99 Å². The highest BCUT2D eigenvalue weighted by molar-refractivity contribution is 5.80. The van der Waals surface area contributed by atoms with E-state index < -0.39 is 0 Å². The molecule has 1 unspecified atom stereocenters. The lowest BCUT2D eigenvalue weighted by Crippen LogP contribution is -2.53. The Kier molecular flexibility index (Phi) is 8.25. The molecule has 1 N–H and O–H groups in total. The third-order valence-electron chi connectivity index (χ3n) is 4.95. The summed E-state index contributed by atoms with van der Waals surface area (Å²) in [5.74, 6) is 1.79. The van der Waals surface area contributed by atoms with E-state index in [4.69, 9.17) is 9.73 Å². The Morgan fingerprint density at radius 2 is 1.83 bits per heavy atom. The molecule has 156 valence electrons. The van der Waals surface area contributed by atoms with Crippen molar-refractivity contribution < 1.29 is 4.74 Å². The van der Waals surface area contributed by atoms with E-state index in [2.05, 4.69) is 51.1 Å². The van der Waals surface area contributed by atoms with E-state index in [1.165, 1.54) is 5.56 Å². The van der Waals surface area contributed by atoms with Gasteiger partial charge in [0, 0.05) is 58.3 Å². The molecule has 0 radical (unpaired) electrons. The molecule has 0 aliphatic carbocycles. The van der Waals surface area contributed by atoms with Crippen molar-refractivity contribution in [1.82, 2.24) is 20.2 Å². The summed E-state index contributed by atoms with van der Waals surface area (Å²) >= 11 is 0. The lowest BCUT2D eigenvalue weighted by molar-refractivity contribution is 0.0651. The van der Waals surface area contributed by atoms with Crippen LogP contribution in [0.25, 0.3) is 0 Å². The lowest BCUT2D eigenvalue weighted by atomic mass is 10.1. The Balaban J connectivity index is 1.43. The third kappa shape index (κ3) is 6.42. The maximum atomic E-state index is 5.95. The fourth-order valence-electron chi connectivity index (χ4n) is 3.33. The zero-order valence-corrected chi connectivity index (χ0v) is 17.5. The maximum Gasteiger partial charge on any atom is 0.225 e. The van der Waals surface area contributed by atoms with E-state index >= 15 is 0 Å². The highest BCUT2D eigenvalue weighted by atomic mass is 16.5. The van der Waals surface area contributed by atoms with Gasteiger partial charge in [-0.05, 0) is 31.9 Å². The fraction of sp³-hybridized carbons (Fsp3) is 0.500. The second kappa shape index (κ2) is 11.4. The van der Waals surface area contributed by atoms with Gasteiger partial charge in [0.2, 0.25) is 5.95 Å². The first-order valence-electron chi connectivity index (χ1n) is 10.5. The number of guanidine groups is 1. The number of nitrogens with zero attached hydrogens (tertiary/aromatic N) is 5. The molecule has 1 fully saturated rings. The van der Waals surface area contributed by atoms with Crippen LogP contribution in [0.4, 0.5) is 5.95 Å². The first-order chi connectivity index (χ1) is 14.3. The molecule has 1 aliphatic heterocycles. The Labute approximate surface area is 173 Å². The fourth-order valence-corrected chi connectivity index (χ4v) is 3.33. The summed E-state index contributed by atoms with van der Waals surface area (Å²) < 4.78 is 5.95. The van der Waals surface area contributed by atoms with Gasteiger partial charge in [0.15, 0.2) is 5.96 Å². The van der Waals surface area contributed by atoms with E-state index in [1.807, 2.05) is 24.3 Å². The average molecular weight is 397 g/mol. The number of hydrogen-bond acceptors (Lipinski definition) is 5. The molecular weight excluding hydrogens is 364 g/mol. The maximum absolute atomic E-state index is 5.95. The number of aliphatic imine (C=N–C) groups is 1. The second-order valence-corrected chi connectivity index (χ2v) is 7.04. The predicted molar refractivity (Wildman–Crippen MR) is 117 cm³/mol. The number of hydrogen-bond donors (Lipinski definition) is 1. The Morgan fingerprint density at radius 1 is 1.10 bits per heavy atom. The summed E-state index contributed by atoms with van der Waals surface area (Å²) in [5.41, 5.74) is 1.21. The van der Waals surface area contributed by atoms with Crippen molar-refractivity contribution in [2.24, 2.45) is 4.99 Å². The van der Waals surface area contributed by atoms with Gasteiger partial charge in [0.25, 0.3) is 0 Å². The largest absolute Gasteiger partial charge is 0.374 e. The van der Waals surface area contributed by atoms with Gasteiger partial charge in [-0.15, -0.1) is 0 Å². The van der Waals surface area contributed by atoms with Crippen molar-refractivity contribution in [3.8, 4) is 0 Å². The quantitative estimate of drug-likeness (QED) is 0.420. The lowest BCUT2D eigenvalue weighted by Gasteiger charge is -2.36. The monoisotopic (exact) mass is 396 g/mol. The van der Waals surface area contributed by atoms with Gasteiger partial charge in [-0.1, -0.05) is 30.3 Å². The summed E-state index contributed by atoms with van der Waals surface area (Å²) in [5, 5.41) is 3.42. The molecule has 0 amide bonds. The molecule has 1 saturated heterocycles. The van der Waals surface area contributed by atoms with Crippen molar-refractivity contribution in [1.29, 1.82) is 0 Å². The van der Waals surface area contributed by atoms with Crippen LogP contribution in [0.1, 0.15) is 31.9 Å². The van der Waals surface area contributed by atoms with Crippen molar-refractivity contribution in [3.63, 3.8) is 0 Å². The Morgan fingerprint density at radius 3 is 2.52 bits per heavy atom. The first kappa shape index (κ1) is 21.0. The second-order valence-electron chi connectivity index (χ2n) is 7.04. The third-order valence-corrected chi connectivity index (χ3v) is 4.95. The van der Waals surface area contributed by atoms with Gasteiger partial charge in [0.1, 0.15) is 0 Å². The van der Waals surface area contributed by atoms with Gasteiger partial charge >= 0.3 is 0 Å². The molecule has 1 aromatic carbocycles. The Hall–Kier alpha value is -2.67. The minimum Gasteiger partial charge on any atom is -0.374 e. The summed E-state index contributed by atoms with van der Waals surface area (Å²) in [6.07, 6.45) is 4.60. The van der Waals surface area contributed by atoms with Gasteiger partial charge in [0.05, 0.1) is 6.10 Å². The number of benzene rings is 1. The van der Waals surface area contributed by atoms with Crippen molar-refractivity contribution in [3.05, 3.63) is 54.4 Å². The molecular formula is C22H32N6O. The number of nitrogens with one attached hydrogen (secondary N) is 1. The van der Waals surface area contributed by atoms with Crippen LogP contribution in [0.2, 0.25) is 0 Å². The van der Waals surface area contributed by atoms with Crippen LogP contribution in [0, 0.1) is 0 Å². The van der Waals surface area contributed by atoms with Crippen molar-refractivity contribution in [2.75, 3.05) is 50.8 Å². The molecule has 1 atom stereocenters. The molecule has 7 nitrogen and oxygen atoms in total. The molecule has 0 bridgehead atoms. The standard InChI is InChI=1S/C22H32N6O/c1-3-23-21(26-13-8-18-29-19(2)20-9-5-4-6-10-20)27-14-16-28(17-15-27)22-24-11-7-12-25-22/h4-7,9-12,19H,3,8,13-18H2,1-2H3,(H,23,26). The van der Waals surface area contributed by atoms with Gasteiger partial charge in [-0.25, -0.2) is 9.97 Å². The first-order valence-corrected chi connectivity index (χ1v) is 10.5. The summed E-state index contributed by atoms with van der Waals surface area (Å²) in [7, 11) is 0. The zero-order chi connectivity index (χ0) is 20.3. The van der Waals surface area contributed by atoms with E-state index in [0.29, 0.717) is 6.61 Å². The van der Waals surface area contributed by atoms with Crippen molar-refractivity contribution in [2.45, 2.75) is 26.4 Å². The molecule has 2 aromatic rings. The van der Waals surface area contributed by atoms with Crippen LogP contribution in [0.3, 0.4) is 0 Å². The molecule has 7 heteroatoms. The average Bonchev–Trinajstić information content (AvgIpc) is 2.79. The highest BCUT2D eigenvalue weighted by Crippen LogP contribution is 2.16. The van der Waals surface area contributed by atoms with Gasteiger partial charge < -0.3 is 19.9 Å². The van der Waals surface area contributed by atoms with Gasteiger partial charge in [-0.2, -0.15) is 0 Å². The molecule has 1 aliphatic rings.